The number of aliphatic carboxylic acids is 1. The molecule has 3 nitrogen and oxygen atoms in total. The Morgan fingerprint density at radius 2 is 2.24 bits per heavy atom. The molecule has 1 aliphatic heterocycles. The summed E-state index contributed by atoms with van der Waals surface area (Å²) in [5.41, 5.74) is 1.08. The molecule has 0 aromatic heterocycles. The van der Waals surface area contributed by atoms with Gasteiger partial charge in [0.1, 0.15) is 0 Å². The molecule has 1 N–H and O–H groups in total. The van der Waals surface area contributed by atoms with Crippen LogP contribution in [-0.2, 0) is 11.3 Å². The van der Waals surface area contributed by atoms with Crippen molar-refractivity contribution in [2.75, 3.05) is 6.54 Å². The summed E-state index contributed by atoms with van der Waals surface area (Å²) in [6.07, 6.45) is 2.27. The van der Waals surface area contributed by atoms with Crippen molar-refractivity contribution in [3.63, 3.8) is 0 Å². The third-order valence-electron chi connectivity index (χ3n) is 3.24. The SMILES string of the molecule is O=C(O)CC1CCCN1Cc1ccccc1Cl. The Hall–Kier alpha value is -1.06. The minimum absolute atomic E-state index is 0.156. The van der Waals surface area contributed by atoms with Gasteiger partial charge >= 0.3 is 5.97 Å². The lowest BCUT2D eigenvalue weighted by atomic mass is 10.1. The van der Waals surface area contributed by atoms with Crippen LogP contribution in [0.4, 0.5) is 0 Å². The van der Waals surface area contributed by atoms with E-state index in [-0.39, 0.29) is 12.5 Å². The molecular formula is C13H16ClNO2. The molecular weight excluding hydrogens is 238 g/mol. The zero-order chi connectivity index (χ0) is 12.3. The van der Waals surface area contributed by atoms with Gasteiger partial charge in [0.05, 0.1) is 6.42 Å². The van der Waals surface area contributed by atoms with E-state index < -0.39 is 5.97 Å². The van der Waals surface area contributed by atoms with E-state index in [2.05, 4.69) is 4.90 Å². The standard InChI is InChI=1S/C13H16ClNO2/c14-12-6-2-1-4-10(12)9-15-7-3-5-11(15)8-13(16)17/h1-2,4,6,11H,3,5,7-9H2,(H,16,17). The maximum atomic E-state index is 10.8. The summed E-state index contributed by atoms with van der Waals surface area (Å²) in [4.78, 5) is 13.0. The molecule has 0 amide bonds. The van der Waals surface area contributed by atoms with E-state index >= 15 is 0 Å². The highest BCUT2D eigenvalue weighted by Crippen LogP contribution is 2.25. The highest BCUT2D eigenvalue weighted by molar-refractivity contribution is 6.31. The smallest absolute Gasteiger partial charge is 0.304 e. The third-order valence-corrected chi connectivity index (χ3v) is 3.61. The molecule has 1 aromatic rings. The Kier molecular flexibility index (Phi) is 4.02. The van der Waals surface area contributed by atoms with Gasteiger partial charge in [-0.25, -0.2) is 0 Å². The van der Waals surface area contributed by atoms with E-state index in [1.807, 2.05) is 24.3 Å². The molecule has 0 aliphatic carbocycles. The van der Waals surface area contributed by atoms with Crippen LogP contribution in [0.1, 0.15) is 24.8 Å². The Morgan fingerprint density at radius 3 is 2.94 bits per heavy atom. The Bertz CT molecular complexity index is 408. The van der Waals surface area contributed by atoms with Crippen molar-refractivity contribution in [3.8, 4) is 0 Å². The molecule has 0 spiro atoms. The van der Waals surface area contributed by atoms with Crippen molar-refractivity contribution in [3.05, 3.63) is 34.9 Å². The van der Waals surface area contributed by atoms with E-state index in [0.29, 0.717) is 0 Å². The monoisotopic (exact) mass is 253 g/mol. The van der Waals surface area contributed by atoms with Gasteiger partial charge in [-0.1, -0.05) is 29.8 Å². The molecule has 0 radical (unpaired) electrons. The molecule has 92 valence electrons. The van der Waals surface area contributed by atoms with Gasteiger partial charge in [-0.15, -0.1) is 0 Å². The average molecular weight is 254 g/mol. The fourth-order valence-electron chi connectivity index (χ4n) is 2.38. The fourth-order valence-corrected chi connectivity index (χ4v) is 2.58. The summed E-state index contributed by atoms with van der Waals surface area (Å²) in [5, 5.41) is 9.62. The normalized spacial score (nSPS) is 20.6. The lowest BCUT2D eigenvalue weighted by Gasteiger charge is -2.23. The zero-order valence-electron chi connectivity index (χ0n) is 9.60. The number of carbonyl (C=O) groups is 1. The number of rotatable bonds is 4. The summed E-state index contributed by atoms with van der Waals surface area (Å²) < 4.78 is 0. The van der Waals surface area contributed by atoms with Gasteiger partial charge < -0.3 is 5.11 Å². The second-order valence-electron chi connectivity index (χ2n) is 4.46. The van der Waals surface area contributed by atoms with Crippen molar-refractivity contribution in [1.29, 1.82) is 0 Å². The van der Waals surface area contributed by atoms with Crippen LogP contribution in [0.2, 0.25) is 5.02 Å². The van der Waals surface area contributed by atoms with Crippen molar-refractivity contribution >= 4 is 17.6 Å². The summed E-state index contributed by atoms with van der Waals surface area (Å²) in [6.45, 7) is 1.71. The highest BCUT2D eigenvalue weighted by atomic mass is 35.5. The number of hydrogen-bond donors (Lipinski definition) is 1. The van der Waals surface area contributed by atoms with Crippen LogP contribution in [0.3, 0.4) is 0 Å². The van der Waals surface area contributed by atoms with Crippen molar-refractivity contribution < 1.29 is 9.90 Å². The molecule has 1 atom stereocenters. The quantitative estimate of drug-likeness (QED) is 0.897. The number of carboxylic acid groups (broad SMARTS) is 1. The minimum Gasteiger partial charge on any atom is -0.481 e. The molecule has 17 heavy (non-hydrogen) atoms. The Balaban J connectivity index is 2.03. The molecule has 1 unspecified atom stereocenters. The minimum atomic E-state index is -0.721. The predicted octanol–water partition coefficient (Wildman–Crippen LogP) is 2.78. The van der Waals surface area contributed by atoms with Gasteiger partial charge in [0.15, 0.2) is 0 Å². The highest BCUT2D eigenvalue weighted by Gasteiger charge is 2.26. The lowest BCUT2D eigenvalue weighted by Crippen LogP contribution is -2.30. The predicted molar refractivity (Wildman–Crippen MR) is 67.1 cm³/mol. The third kappa shape index (κ3) is 3.20. The van der Waals surface area contributed by atoms with Crippen LogP contribution < -0.4 is 0 Å². The Morgan fingerprint density at radius 1 is 1.47 bits per heavy atom. The topological polar surface area (TPSA) is 40.5 Å². The van der Waals surface area contributed by atoms with Crippen LogP contribution in [-0.4, -0.2) is 28.6 Å². The maximum absolute atomic E-state index is 10.8. The summed E-state index contributed by atoms with van der Waals surface area (Å²) in [5.74, 6) is -0.721. The van der Waals surface area contributed by atoms with E-state index in [1.54, 1.807) is 0 Å². The molecule has 1 aliphatic rings. The Labute approximate surface area is 106 Å². The molecule has 1 saturated heterocycles. The van der Waals surface area contributed by atoms with E-state index in [0.717, 1.165) is 36.5 Å². The van der Waals surface area contributed by atoms with Crippen LogP contribution in [0, 0.1) is 0 Å². The van der Waals surface area contributed by atoms with Crippen LogP contribution in [0.5, 0.6) is 0 Å². The largest absolute Gasteiger partial charge is 0.481 e. The van der Waals surface area contributed by atoms with Crippen molar-refractivity contribution in [2.45, 2.75) is 31.8 Å². The molecule has 2 rings (SSSR count). The van der Waals surface area contributed by atoms with Gasteiger partial charge in [-0.05, 0) is 31.0 Å². The molecule has 0 saturated carbocycles. The summed E-state index contributed by atoms with van der Waals surface area (Å²) in [7, 11) is 0. The number of halogens is 1. The van der Waals surface area contributed by atoms with Crippen LogP contribution in [0.15, 0.2) is 24.3 Å². The average Bonchev–Trinajstić information content (AvgIpc) is 2.68. The number of nitrogens with zero attached hydrogens (tertiary/aromatic N) is 1. The first kappa shape index (κ1) is 12.4. The van der Waals surface area contributed by atoms with Gasteiger partial charge in [0.25, 0.3) is 0 Å². The summed E-state index contributed by atoms with van der Waals surface area (Å²) >= 11 is 6.11. The zero-order valence-corrected chi connectivity index (χ0v) is 10.4. The van der Waals surface area contributed by atoms with Gasteiger partial charge in [-0.2, -0.15) is 0 Å². The van der Waals surface area contributed by atoms with Crippen LogP contribution >= 0.6 is 11.6 Å². The van der Waals surface area contributed by atoms with Crippen molar-refractivity contribution in [2.24, 2.45) is 0 Å². The fraction of sp³-hybridized carbons (Fsp3) is 0.462. The molecule has 1 heterocycles. The number of likely N-dealkylation sites (tertiary alicyclic amines) is 1. The first-order valence-corrected chi connectivity index (χ1v) is 6.24. The van der Waals surface area contributed by atoms with Gasteiger partial charge in [-0.3, -0.25) is 9.69 Å². The number of hydrogen-bond acceptors (Lipinski definition) is 2. The van der Waals surface area contributed by atoms with E-state index in [4.69, 9.17) is 16.7 Å². The number of carboxylic acids is 1. The van der Waals surface area contributed by atoms with Gasteiger partial charge in [0.2, 0.25) is 0 Å². The molecule has 1 aromatic carbocycles. The summed E-state index contributed by atoms with van der Waals surface area (Å²) in [6, 6.07) is 7.90. The molecule has 1 fully saturated rings. The second kappa shape index (κ2) is 5.52. The lowest BCUT2D eigenvalue weighted by molar-refractivity contribution is -0.138. The van der Waals surface area contributed by atoms with E-state index in [9.17, 15) is 4.79 Å². The first-order chi connectivity index (χ1) is 8.16. The molecule has 4 heteroatoms. The van der Waals surface area contributed by atoms with E-state index in [1.165, 1.54) is 0 Å². The van der Waals surface area contributed by atoms with Crippen molar-refractivity contribution in [1.82, 2.24) is 4.90 Å². The maximum Gasteiger partial charge on any atom is 0.304 e. The molecule has 0 bridgehead atoms. The first-order valence-electron chi connectivity index (χ1n) is 5.86. The van der Waals surface area contributed by atoms with Gasteiger partial charge in [0, 0.05) is 17.6 Å². The number of benzene rings is 1. The van der Waals surface area contributed by atoms with Crippen LogP contribution in [0.25, 0.3) is 0 Å². The second-order valence-corrected chi connectivity index (χ2v) is 4.86.